The molecular formula is C13H17ClO3. The van der Waals surface area contributed by atoms with Crippen LogP contribution in [0.5, 0.6) is 0 Å². The molecule has 0 fully saturated rings. The van der Waals surface area contributed by atoms with Crippen LogP contribution in [0.15, 0.2) is 24.3 Å². The molecule has 0 bridgehead atoms. The number of carbonyl (C=O) groups is 1. The molecule has 0 radical (unpaired) electrons. The smallest absolute Gasteiger partial charge is 0.306 e. The van der Waals surface area contributed by atoms with E-state index >= 15 is 0 Å². The van der Waals surface area contributed by atoms with Gasteiger partial charge in [0.1, 0.15) is 5.60 Å². The van der Waals surface area contributed by atoms with Gasteiger partial charge in [-0.2, -0.15) is 0 Å². The largest absolute Gasteiger partial charge is 0.481 e. The van der Waals surface area contributed by atoms with Gasteiger partial charge in [-0.05, 0) is 24.1 Å². The van der Waals surface area contributed by atoms with Crippen molar-refractivity contribution in [2.75, 3.05) is 0 Å². The van der Waals surface area contributed by atoms with Gasteiger partial charge in [0.2, 0.25) is 0 Å². The molecule has 0 saturated heterocycles. The van der Waals surface area contributed by atoms with Crippen LogP contribution < -0.4 is 0 Å². The van der Waals surface area contributed by atoms with E-state index in [1.165, 1.54) is 0 Å². The summed E-state index contributed by atoms with van der Waals surface area (Å²) in [5.74, 6) is -1.00. The first-order valence-corrected chi connectivity index (χ1v) is 6.06. The molecular weight excluding hydrogens is 240 g/mol. The molecule has 0 spiro atoms. The van der Waals surface area contributed by atoms with Gasteiger partial charge in [-0.25, -0.2) is 0 Å². The van der Waals surface area contributed by atoms with Crippen molar-refractivity contribution in [3.63, 3.8) is 0 Å². The molecule has 2 N–H and O–H groups in total. The van der Waals surface area contributed by atoms with Gasteiger partial charge >= 0.3 is 5.97 Å². The second-order valence-electron chi connectivity index (χ2n) is 4.21. The zero-order valence-corrected chi connectivity index (χ0v) is 10.6. The summed E-state index contributed by atoms with van der Waals surface area (Å²) in [5, 5.41) is 19.9. The van der Waals surface area contributed by atoms with E-state index < -0.39 is 11.6 Å². The summed E-state index contributed by atoms with van der Waals surface area (Å²) >= 11 is 5.77. The Bertz CT molecular complexity index is 375. The molecule has 1 unspecified atom stereocenters. The SMILES string of the molecule is CCCCC(O)(CC(=O)O)c1ccc(Cl)cc1. The van der Waals surface area contributed by atoms with Gasteiger partial charge in [0.05, 0.1) is 6.42 Å². The Hall–Kier alpha value is -1.06. The molecule has 1 aromatic rings. The maximum atomic E-state index is 10.8. The van der Waals surface area contributed by atoms with E-state index in [-0.39, 0.29) is 6.42 Å². The second-order valence-corrected chi connectivity index (χ2v) is 4.65. The van der Waals surface area contributed by atoms with E-state index in [0.29, 0.717) is 17.0 Å². The maximum Gasteiger partial charge on any atom is 0.306 e. The molecule has 0 aliphatic heterocycles. The van der Waals surface area contributed by atoms with E-state index in [1.54, 1.807) is 24.3 Å². The lowest BCUT2D eigenvalue weighted by Crippen LogP contribution is -2.29. The second kappa shape index (κ2) is 6.03. The molecule has 0 aliphatic rings. The number of hydrogen-bond acceptors (Lipinski definition) is 2. The summed E-state index contributed by atoms with van der Waals surface area (Å²) in [6.45, 7) is 2.00. The lowest BCUT2D eigenvalue weighted by Gasteiger charge is -2.27. The first-order chi connectivity index (χ1) is 7.98. The monoisotopic (exact) mass is 256 g/mol. The summed E-state index contributed by atoms with van der Waals surface area (Å²) in [6.07, 6.45) is 1.86. The molecule has 0 saturated carbocycles. The van der Waals surface area contributed by atoms with Crippen LogP contribution in [0, 0.1) is 0 Å². The van der Waals surface area contributed by atoms with Crippen molar-refractivity contribution in [1.29, 1.82) is 0 Å². The van der Waals surface area contributed by atoms with Crippen molar-refractivity contribution < 1.29 is 15.0 Å². The van der Waals surface area contributed by atoms with E-state index in [0.717, 1.165) is 12.8 Å². The summed E-state index contributed by atoms with van der Waals surface area (Å²) in [6, 6.07) is 6.69. The van der Waals surface area contributed by atoms with Crippen LogP contribution in [-0.4, -0.2) is 16.2 Å². The van der Waals surface area contributed by atoms with Gasteiger partial charge in [-0.1, -0.05) is 43.5 Å². The highest BCUT2D eigenvalue weighted by Crippen LogP contribution is 2.31. The number of hydrogen-bond donors (Lipinski definition) is 2. The highest BCUT2D eigenvalue weighted by Gasteiger charge is 2.31. The molecule has 17 heavy (non-hydrogen) atoms. The van der Waals surface area contributed by atoms with Crippen molar-refractivity contribution in [1.82, 2.24) is 0 Å². The average Bonchev–Trinajstić information content (AvgIpc) is 2.26. The molecule has 3 nitrogen and oxygen atoms in total. The Balaban J connectivity index is 2.95. The molecule has 0 aliphatic carbocycles. The minimum absolute atomic E-state index is 0.283. The molecule has 0 aromatic heterocycles. The highest BCUT2D eigenvalue weighted by atomic mass is 35.5. The van der Waals surface area contributed by atoms with Crippen molar-refractivity contribution in [3.05, 3.63) is 34.9 Å². The van der Waals surface area contributed by atoms with Crippen molar-refractivity contribution in [3.8, 4) is 0 Å². The summed E-state index contributed by atoms with van der Waals surface area (Å²) in [4.78, 5) is 10.8. The Morgan fingerprint density at radius 2 is 1.94 bits per heavy atom. The van der Waals surface area contributed by atoms with E-state index in [9.17, 15) is 9.90 Å². The van der Waals surface area contributed by atoms with Gasteiger partial charge in [0, 0.05) is 5.02 Å². The molecule has 1 rings (SSSR count). The Morgan fingerprint density at radius 3 is 2.41 bits per heavy atom. The fraction of sp³-hybridized carbons (Fsp3) is 0.462. The van der Waals surface area contributed by atoms with Crippen LogP contribution in [0.25, 0.3) is 0 Å². The summed E-state index contributed by atoms with van der Waals surface area (Å²) < 4.78 is 0. The zero-order valence-electron chi connectivity index (χ0n) is 9.82. The van der Waals surface area contributed by atoms with Crippen LogP contribution in [0.3, 0.4) is 0 Å². The predicted octanol–water partition coefficient (Wildman–Crippen LogP) is 3.19. The number of aliphatic hydroxyl groups is 1. The Kier molecular flexibility index (Phi) is 4.97. The fourth-order valence-electron chi connectivity index (χ4n) is 1.81. The van der Waals surface area contributed by atoms with Gasteiger partial charge in [-0.3, -0.25) is 4.79 Å². The summed E-state index contributed by atoms with van der Waals surface area (Å²) in [7, 11) is 0. The standard InChI is InChI=1S/C13H17ClO3/c1-2-3-8-13(17,9-12(15)16)10-4-6-11(14)7-5-10/h4-7,17H,2-3,8-9H2,1H3,(H,15,16). The number of aliphatic carboxylic acids is 1. The Labute approximate surface area is 106 Å². The normalized spacial score (nSPS) is 14.3. The predicted molar refractivity (Wildman–Crippen MR) is 67.1 cm³/mol. The zero-order chi connectivity index (χ0) is 12.9. The molecule has 1 atom stereocenters. The van der Waals surface area contributed by atoms with Crippen LogP contribution in [0.1, 0.15) is 38.2 Å². The van der Waals surface area contributed by atoms with E-state index in [4.69, 9.17) is 16.7 Å². The van der Waals surface area contributed by atoms with Crippen LogP contribution in [0.4, 0.5) is 0 Å². The number of carboxylic acid groups (broad SMARTS) is 1. The van der Waals surface area contributed by atoms with Gasteiger partial charge in [0.25, 0.3) is 0 Å². The van der Waals surface area contributed by atoms with Crippen molar-refractivity contribution >= 4 is 17.6 Å². The fourth-order valence-corrected chi connectivity index (χ4v) is 1.94. The van der Waals surface area contributed by atoms with Gasteiger partial charge in [-0.15, -0.1) is 0 Å². The Morgan fingerprint density at radius 1 is 1.35 bits per heavy atom. The first-order valence-electron chi connectivity index (χ1n) is 5.68. The summed E-state index contributed by atoms with van der Waals surface area (Å²) in [5.41, 5.74) is -0.690. The minimum Gasteiger partial charge on any atom is -0.481 e. The number of rotatable bonds is 6. The number of benzene rings is 1. The lowest BCUT2D eigenvalue weighted by atomic mass is 9.86. The minimum atomic E-state index is -1.30. The number of carboxylic acids is 1. The maximum absolute atomic E-state index is 10.8. The third-order valence-corrected chi connectivity index (χ3v) is 3.02. The van der Waals surface area contributed by atoms with Crippen molar-refractivity contribution in [2.45, 2.75) is 38.2 Å². The highest BCUT2D eigenvalue weighted by molar-refractivity contribution is 6.30. The topological polar surface area (TPSA) is 57.5 Å². The molecule has 0 heterocycles. The quantitative estimate of drug-likeness (QED) is 0.822. The third kappa shape index (κ3) is 4.02. The van der Waals surface area contributed by atoms with Crippen LogP contribution in [0.2, 0.25) is 5.02 Å². The number of halogens is 1. The molecule has 0 amide bonds. The van der Waals surface area contributed by atoms with Crippen LogP contribution >= 0.6 is 11.6 Å². The molecule has 94 valence electrons. The molecule has 4 heteroatoms. The average molecular weight is 257 g/mol. The van der Waals surface area contributed by atoms with Crippen LogP contribution in [-0.2, 0) is 10.4 Å². The number of unbranched alkanes of at least 4 members (excludes halogenated alkanes) is 1. The van der Waals surface area contributed by atoms with E-state index in [1.807, 2.05) is 6.92 Å². The van der Waals surface area contributed by atoms with Crippen molar-refractivity contribution in [2.24, 2.45) is 0 Å². The first kappa shape index (κ1) is 14.0. The molecule has 1 aromatic carbocycles. The third-order valence-electron chi connectivity index (χ3n) is 2.77. The lowest BCUT2D eigenvalue weighted by molar-refractivity contribution is -0.143. The van der Waals surface area contributed by atoms with E-state index in [2.05, 4.69) is 0 Å². The van der Waals surface area contributed by atoms with Gasteiger partial charge in [0.15, 0.2) is 0 Å². The van der Waals surface area contributed by atoms with Gasteiger partial charge < -0.3 is 10.2 Å².